The monoisotopic (exact) mass is 406 g/mol. The number of anilines is 1. The summed E-state index contributed by atoms with van der Waals surface area (Å²) in [7, 11) is 0. The molecule has 1 aliphatic carbocycles. The van der Waals surface area contributed by atoms with Crippen molar-refractivity contribution < 1.29 is 0 Å². The van der Waals surface area contributed by atoms with E-state index in [0.717, 1.165) is 26.6 Å². The van der Waals surface area contributed by atoms with Gasteiger partial charge in [0.05, 0.1) is 15.5 Å². The maximum Gasteiger partial charge on any atom is 0.191 e. The fourth-order valence-electron chi connectivity index (χ4n) is 1.83. The Hall–Kier alpha value is -0.470. The lowest BCUT2D eigenvalue weighted by atomic mass is 10.2. The molecule has 0 aliphatic heterocycles. The fraction of sp³-hybridized carbons (Fsp3) is 0.417. The van der Waals surface area contributed by atoms with Crippen LogP contribution in [0.2, 0.25) is 4.34 Å². The molecule has 0 unspecified atom stereocenters. The molecule has 2 aromatic heterocycles. The minimum atomic E-state index is 0.585. The second-order valence-corrected chi connectivity index (χ2v) is 7.11. The van der Waals surface area contributed by atoms with E-state index in [4.69, 9.17) is 16.6 Å². The third kappa shape index (κ3) is 2.85. The van der Waals surface area contributed by atoms with E-state index in [1.807, 2.05) is 0 Å². The molecule has 3 rings (SSSR count). The van der Waals surface area contributed by atoms with Gasteiger partial charge in [0.25, 0.3) is 0 Å². The average Bonchev–Trinajstić information content (AvgIpc) is 3.14. The maximum absolute atomic E-state index is 5.94. The first-order valence-electron chi connectivity index (χ1n) is 6.12. The molecule has 0 radical (unpaired) electrons. The molecule has 0 bridgehead atoms. The summed E-state index contributed by atoms with van der Waals surface area (Å²) in [5.74, 6) is 2.16. The van der Waals surface area contributed by atoms with Crippen molar-refractivity contribution >= 4 is 51.3 Å². The predicted octanol–water partition coefficient (Wildman–Crippen LogP) is 4.17. The molecule has 1 saturated carbocycles. The average molecular weight is 407 g/mol. The summed E-state index contributed by atoms with van der Waals surface area (Å²) in [5, 5.41) is 4.08. The Morgan fingerprint density at radius 3 is 2.84 bits per heavy atom. The Labute approximate surface area is 134 Å². The van der Waals surface area contributed by atoms with Crippen molar-refractivity contribution in [1.29, 1.82) is 0 Å². The smallest absolute Gasteiger partial charge is 0.191 e. The summed E-state index contributed by atoms with van der Waals surface area (Å²) in [4.78, 5) is 13.5. The van der Waals surface area contributed by atoms with Crippen LogP contribution in [0.15, 0.2) is 6.20 Å². The van der Waals surface area contributed by atoms with Gasteiger partial charge in [-0.25, -0.2) is 15.0 Å². The third-order valence-corrected chi connectivity index (χ3v) is 5.03. The topological polar surface area (TPSA) is 50.7 Å². The maximum atomic E-state index is 5.94. The van der Waals surface area contributed by atoms with E-state index in [1.165, 1.54) is 24.2 Å². The number of halogens is 2. The van der Waals surface area contributed by atoms with Crippen LogP contribution in [0.4, 0.5) is 5.82 Å². The fourth-order valence-corrected chi connectivity index (χ4v) is 3.55. The van der Waals surface area contributed by atoms with Crippen molar-refractivity contribution in [2.45, 2.75) is 25.7 Å². The highest BCUT2D eigenvalue weighted by Gasteiger charge is 2.29. The number of hydrogen-bond acceptors (Lipinski definition) is 5. The first kappa shape index (κ1) is 13.5. The predicted molar refractivity (Wildman–Crippen MR) is 87.0 cm³/mol. The molecular weight excluding hydrogens is 395 g/mol. The Morgan fingerprint density at radius 1 is 1.47 bits per heavy atom. The van der Waals surface area contributed by atoms with Crippen LogP contribution in [0, 0.1) is 3.57 Å². The number of hydrogen-bond donors (Lipinski definition) is 1. The van der Waals surface area contributed by atoms with E-state index in [0.29, 0.717) is 16.1 Å². The summed E-state index contributed by atoms with van der Waals surface area (Å²) in [6, 6.07) is 0. The van der Waals surface area contributed by atoms with Crippen molar-refractivity contribution in [2.75, 3.05) is 11.9 Å². The lowest BCUT2D eigenvalue weighted by Gasteiger charge is -2.10. The van der Waals surface area contributed by atoms with Crippen LogP contribution >= 0.6 is 45.5 Å². The summed E-state index contributed by atoms with van der Waals surface area (Å²) < 4.78 is 1.79. The Morgan fingerprint density at radius 2 is 2.26 bits per heavy atom. The molecule has 7 heteroatoms. The molecule has 2 heterocycles. The standard InChI is InChI=1S/C12H12ClIN4S/c1-2-15-10-8(14)9(6-3-4-6)17-11(18-10)12-16-5-7(13)19-12/h5-6H,2-4H2,1H3,(H,15,17,18). The Balaban J connectivity index is 2.08. The van der Waals surface area contributed by atoms with Crippen molar-refractivity contribution in [2.24, 2.45) is 0 Å². The summed E-state index contributed by atoms with van der Waals surface area (Å²) in [6.45, 7) is 2.91. The zero-order chi connectivity index (χ0) is 13.4. The van der Waals surface area contributed by atoms with Crippen LogP contribution in [0.25, 0.3) is 10.8 Å². The lowest BCUT2D eigenvalue weighted by Crippen LogP contribution is -2.07. The van der Waals surface area contributed by atoms with Gasteiger partial charge in [-0.2, -0.15) is 0 Å². The normalized spacial score (nSPS) is 14.7. The van der Waals surface area contributed by atoms with Gasteiger partial charge in [-0.1, -0.05) is 22.9 Å². The zero-order valence-corrected chi connectivity index (χ0v) is 14.0. The van der Waals surface area contributed by atoms with Crippen LogP contribution in [-0.4, -0.2) is 21.5 Å². The molecule has 0 aromatic carbocycles. The molecule has 4 nitrogen and oxygen atoms in total. The highest BCUT2D eigenvalue weighted by atomic mass is 127. The molecule has 0 amide bonds. The van der Waals surface area contributed by atoms with Gasteiger partial charge in [0.2, 0.25) is 0 Å². The Kier molecular flexibility index (Phi) is 3.91. The number of nitrogens with zero attached hydrogens (tertiary/aromatic N) is 3. The van der Waals surface area contributed by atoms with Crippen molar-refractivity contribution in [3.63, 3.8) is 0 Å². The third-order valence-electron chi connectivity index (χ3n) is 2.85. The number of rotatable bonds is 4. The zero-order valence-electron chi connectivity index (χ0n) is 10.3. The molecule has 1 N–H and O–H groups in total. The molecule has 1 fully saturated rings. The van der Waals surface area contributed by atoms with E-state index in [9.17, 15) is 0 Å². The van der Waals surface area contributed by atoms with E-state index >= 15 is 0 Å². The first-order chi connectivity index (χ1) is 9.19. The second kappa shape index (κ2) is 5.49. The lowest BCUT2D eigenvalue weighted by molar-refractivity contribution is 0.970. The summed E-state index contributed by atoms with van der Waals surface area (Å²) in [5.41, 5.74) is 1.15. The highest BCUT2D eigenvalue weighted by Crippen LogP contribution is 2.43. The van der Waals surface area contributed by atoms with Gasteiger partial charge in [0.15, 0.2) is 10.8 Å². The number of nitrogens with one attached hydrogen (secondary N) is 1. The molecule has 2 aromatic rings. The van der Waals surface area contributed by atoms with Crippen molar-refractivity contribution in [3.8, 4) is 10.8 Å². The first-order valence-corrected chi connectivity index (χ1v) is 8.39. The van der Waals surface area contributed by atoms with Gasteiger partial charge in [-0.15, -0.1) is 0 Å². The van der Waals surface area contributed by atoms with E-state index in [2.05, 4.69) is 44.8 Å². The summed E-state index contributed by atoms with van der Waals surface area (Å²) in [6.07, 6.45) is 4.08. The van der Waals surface area contributed by atoms with E-state index in [1.54, 1.807) is 6.20 Å². The number of thiazole rings is 1. The number of aromatic nitrogens is 3. The van der Waals surface area contributed by atoms with Gasteiger partial charge in [0.1, 0.15) is 10.2 Å². The van der Waals surface area contributed by atoms with E-state index < -0.39 is 0 Å². The van der Waals surface area contributed by atoms with Gasteiger partial charge in [0, 0.05) is 12.5 Å². The quantitative estimate of drug-likeness (QED) is 0.774. The van der Waals surface area contributed by atoms with Crippen LogP contribution in [0.1, 0.15) is 31.4 Å². The minimum absolute atomic E-state index is 0.585. The van der Waals surface area contributed by atoms with Crippen molar-refractivity contribution in [1.82, 2.24) is 15.0 Å². The van der Waals surface area contributed by atoms with E-state index in [-0.39, 0.29) is 0 Å². The van der Waals surface area contributed by atoms with Crippen LogP contribution in [-0.2, 0) is 0 Å². The van der Waals surface area contributed by atoms with Gasteiger partial charge >= 0.3 is 0 Å². The van der Waals surface area contributed by atoms with Crippen molar-refractivity contribution in [3.05, 3.63) is 19.8 Å². The molecule has 0 atom stereocenters. The molecule has 1 aliphatic rings. The Bertz CT molecular complexity index is 612. The van der Waals surface area contributed by atoms with Crippen LogP contribution < -0.4 is 5.32 Å². The van der Waals surface area contributed by atoms with Crippen LogP contribution in [0.3, 0.4) is 0 Å². The summed E-state index contributed by atoms with van der Waals surface area (Å²) >= 11 is 9.68. The molecule has 0 saturated heterocycles. The minimum Gasteiger partial charge on any atom is -0.369 e. The van der Waals surface area contributed by atoms with Gasteiger partial charge < -0.3 is 5.32 Å². The largest absolute Gasteiger partial charge is 0.369 e. The second-order valence-electron chi connectivity index (χ2n) is 4.37. The molecule has 0 spiro atoms. The molecule has 100 valence electrons. The van der Waals surface area contributed by atoms with Crippen LogP contribution in [0.5, 0.6) is 0 Å². The molecular formula is C12H12ClIN4S. The highest BCUT2D eigenvalue weighted by molar-refractivity contribution is 14.1. The molecule has 19 heavy (non-hydrogen) atoms. The van der Waals surface area contributed by atoms with Gasteiger partial charge in [-0.05, 0) is 42.4 Å². The SMILES string of the molecule is CCNc1nc(-c2ncc(Cl)s2)nc(C2CC2)c1I. The van der Waals surface area contributed by atoms with Gasteiger partial charge in [-0.3, -0.25) is 0 Å².